The van der Waals surface area contributed by atoms with Crippen molar-refractivity contribution in [3.8, 4) is 0 Å². The van der Waals surface area contributed by atoms with Crippen LogP contribution in [-0.4, -0.2) is 31.2 Å². The highest BCUT2D eigenvalue weighted by Crippen LogP contribution is 2.29. The number of fused-ring (bicyclic) bond motifs is 1. The SMILES string of the molecule is NC(=O)[C@H]1CCCCN1S(=O)(=O)c1ccc2c(c1)CCC2. The van der Waals surface area contributed by atoms with E-state index in [4.69, 9.17) is 5.73 Å². The van der Waals surface area contributed by atoms with Crippen LogP contribution in [0.15, 0.2) is 23.1 Å². The summed E-state index contributed by atoms with van der Waals surface area (Å²) in [5.74, 6) is -0.556. The zero-order chi connectivity index (χ0) is 15.0. The van der Waals surface area contributed by atoms with Gasteiger partial charge in [0, 0.05) is 6.54 Å². The predicted molar refractivity (Wildman–Crippen MR) is 79.2 cm³/mol. The lowest BCUT2D eigenvalue weighted by Crippen LogP contribution is -2.50. The quantitative estimate of drug-likeness (QED) is 0.911. The number of sulfonamides is 1. The van der Waals surface area contributed by atoms with E-state index in [1.165, 1.54) is 9.87 Å². The maximum absolute atomic E-state index is 12.8. The first-order chi connectivity index (χ1) is 10.00. The average molecular weight is 308 g/mol. The first kappa shape index (κ1) is 14.5. The van der Waals surface area contributed by atoms with Gasteiger partial charge in [-0.05, 0) is 55.4 Å². The molecule has 0 saturated carbocycles. The number of nitrogens with two attached hydrogens (primary N) is 1. The molecule has 1 atom stereocenters. The zero-order valence-electron chi connectivity index (χ0n) is 11.9. The highest BCUT2D eigenvalue weighted by Gasteiger charge is 2.36. The van der Waals surface area contributed by atoms with Crippen LogP contribution in [-0.2, 0) is 27.7 Å². The number of piperidine rings is 1. The summed E-state index contributed by atoms with van der Waals surface area (Å²) in [6.07, 6.45) is 5.14. The molecule has 1 fully saturated rings. The van der Waals surface area contributed by atoms with Crippen LogP contribution >= 0.6 is 0 Å². The van der Waals surface area contributed by atoms with E-state index in [0.29, 0.717) is 13.0 Å². The van der Waals surface area contributed by atoms with Crippen LogP contribution in [0.3, 0.4) is 0 Å². The fraction of sp³-hybridized carbons (Fsp3) is 0.533. The fourth-order valence-electron chi connectivity index (χ4n) is 3.32. The van der Waals surface area contributed by atoms with Crippen LogP contribution < -0.4 is 5.73 Å². The monoisotopic (exact) mass is 308 g/mol. The minimum Gasteiger partial charge on any atom is -0.368 e. The van der Waals surface area contributed by atoms with Gasteiger partial charge >= 0.3 is 0 Å². The molecule has 1 aliphatic carbocycles. The van der Waals surface area contributed by atoms with Gasteiger partial charge in [-0.15, -0.1) is 0 Å². The highest BCUT2D eigenvalue weighted by molar-refractivity contribution is 7.89. The molecule has 2 N–H and O–H groups in total. The number of amides is 1. The van der Waals surface area contributed by atoms with Gasteiger partial charge in [0.15, 0.2) is 0 Å². The normalized spacial score (nSPS) is 23.0. The van der Waals surface area contributed by atoms with Crippen LogP contribution in [0.4, 0.5) is 0 Å². The Morgan fingerprint density at radius 1 is 1.14 bits per heavy atom. The lowest BCUT2D eigenvalue weighted by Gasteiger charge is -2.32. The molecule has 5 nitrogen and oxygen atoms in total. The minimum atomic E-state index is -3.65. The van der Waals surface area contributed by atoms with Crippen LogP contribution in [0.1, 0.15) is 36.8 Å². The molecule has 0 radical (unpaired) electrons. The maximum atomic E-state index is 12.8. The van der Waals surface area contributed by atoms with Crippen molar-refractivity contribution < 1.29 is 13.2 Å². The first-order valence-electron chi connectivity index (χ1n) is 7.43. The molecule has 1 heterocycles. The molecule has 114 valence electrons. The summed E-state index contributed by atoms with van der Waals surface area (Å²) in [7, 11) is -3.65. The molecule has 2 aliphatic rings. The summed E-state index contributed by atoms with van der Waals surface area (Å²) in [5.41, 5.74) is 7.73. The Balaban J connectivity index is 1.97. The zero-order valence-corrected chi connectivity index (χ0v) is 12.7. The summed E-state index contributed by atoms with van der Waals surface area (Å²) < 4.78 is 26.9. The number of nitrogens with zero attached hydrogens (tertiary/aromatic N) is 1. The van der Waals surface area contributed by atoms with E-state index in [1.54, 1.807) is 12.1 Å². The number of carbonyl (C=O) groups excluding carboxylic acids is 1. The van der Waals surface area contributed by atoms with Gasteiger partial charge in [-0.25, -0.2) is 8.42 Å². The summed E-state index contributed by atoms with van der Waals surface area (Å²) >= 11 is 0. The molecule has 0 aromatic heterocycles. The number of rotatable bonds is 3. The Labute approximate surface area is 125 Å². The number of aryl methyl sites for hydroxylation is 2. The summed E-state index contributed by atoms with van der Waals surface area (Å²) in [6, 6.07) is 4.62. The molecule has 0 spiro atoms. The molecule has 1 saturated heterocycles. The molecule has 6 heteroatoms. The van der Waals surface area contributed by atoms with E-state index in [1.807, 2.05) is 6.07 Å². The molecule has 1 aromatic rings. The number of hydrogen-bond acceptors (Lipinski definition) is 3. The third-order valence-electron chi connectivity index (χ3n) is 4.46. The second kappa shape index (κ2) is 5.42. The summed E-state index contributed by atoms with van der Waals surface area (Å²) in [6.45, 7) is 0.368. The van der Waals surface area contributed by atoms with Gasteiger partial charge in [0.25, 0.3) is 0 Å². The van der Waals surface area contributed by atoms with Crippen molar-refractivity contribution in [1.29, 1.82) is 0 Å². The van der Waals surface area contributed by atoms with Gasteiger partial charge in [-0.2, -0.15) is 4.31 Å². The van der Waals surface area contributed by atoms with Crippen LogP contribution in [0.25, 0.3) is 0 Å². The molecule has 0 unspecified atom stereocenters. The third-order valence-corrected chi connectivity index (χ3v) is 6.36. The second-order valence-electron chi connectivity index (χ2n) is 5.81. The van der Waals surface area contributed by atoms with E-state index < -0.39 is 22.0 Å². The molecule has 0 bridgehead atoms. The minimum absolute atomic E-state index is 0.288. The predicted octanol–water partition coefficient (Wildman–Crippen LogP) is 1.20. The Morgan fingerprint density at radius 3 is 2.67 bits per heavy atom. The Hall–Kier alpha value is -1.40. The molecular formula is C15H20N2O3S. The van der Waals surface area contributed by atoms with Gasteiger partial charge in [0.1, 0.15) is 6.04 Å². The van der Waals surface area contributed by atoms with Crippen molar-refractivity contribution >= 4 is 15.9 Å². The van der Waals surface area contributed by atoms with E-state index in [0.717, 1.165) is 37.7 Å². The maximum Gasteiger partial charge on any atom is 0.243 e. The van der Waals surface area contributed by atoms with E-state index >= 15 is 0 Å². The van der Waals surface area contributed by atoms with Crippen molar-refractivity contribution in [2.45, 2.75) is 49.5 Å². The molecule has 3 rings (SSSR count). The number of carbonyl (C=O) groups is 1. The van der Waals surface area contributed by atoms with Gasteiger partial charge < -0.3 is 5.73 Å². The van der Waals surface area contributed by atoms with Crippen LogP contribution in [0.2, 0.25) is 0 Å². The van der Waals surface area contributed by atoms with Gasteiger partial charge in [-0.3, -0.25) is 4.79 Å². The van der Waals surface area contributed by atoms with E-state index in [-0.39, 0.29) is 4.90 Å². The second-order valence-corrected chi connectivity index (χ2v) is 7.70. The number of hydrogen-bond donors (Lipinski definition) is 1. The van der Waals surface area contributed by atoms with Gasteiger partial charge in [0.2, 0.25) is 15.9 Å². The lowest BCUT2D eigenvalue weighted by molar-refractivity contribution is -0.122. The van der Waals surface area contributed by atoms with Crippen molar-refractivity contribution in [3.63, 3.8) is 0 Å². The van der Waals surface area contributed by atoms with E-state index in [2.05, 4.69) is 0 Å². The highest BCUT2D eigenvalue weighted by atomic mass is 32.2. The van der Waals surface area contributed by atoms with E-state index in [9.17, 15) is 13.2 Å². The largest absolute Gasteiger partial charge is 0.368 e. The molecule has 21 heavy (non-hydrogen) atoms. The third kappa shape index (κ3) is 2.58. The van der Waals surface area contributed by atoms with Crippen molar-refractivity contribution in [3.05, 3.63) is 29.3 Å². The average Bonchev–Trinajstić information content (AvgIpc) is 2.94. The number of benzene rings is 1. The van der Waals surface area contributed by atoms with Crippen LogP contribution in [0.5, 0.6) is 0 Å². The fourth-order valence-corrected chi connectivity index (χ4v) is 5.04. The Morgan fingerprint density at radius 2 is 1.90 bits per heavy atom. The molecule has 1 amide bonds. The molecule has 1 aliphatic heterocycles. The lowest BCUT2D eigenvalue weighted by atomic mass is 10.0. The van der Waals surface area contributed by atoms with Crippen molar-refractivity contribution in [2.75, 3.05) is 6.54 Å². The standard InChI is InChI=1S/C15H20N2O3S/c16-15(18)14-6-1-2-9-17(14)21(19,20)13-8-7-11-4-3-5-12(11)10-13/h7-8,10,14H,1-6,9H2,(H2,16,18)/t14-/m1/s1. The Kier molecular flexibility index (Phi) is 3.75. The number of primary amides is 1. The smallest absolute Gasteiger partial charge is 0.243 e. The van der Waals surface area contributed by atoms with Crippen molar-refractivity contribution in [2.24, 2.45) is 5.73 Å². The van der Waals surface area contributed by atoms with Crippen LogP contribution in [0, 0.1) is 0 Å². The van der Waals surface area contributed by atoms with Gasteiger partial charge in [0.05, 0.1) is 4.90 Å². The summed E-state index contributed by atoms with van der Waals surface area (Å²) in [4.78, 5) is 11.8. The van der Waals surface area contributed by atoms with Crippen molar-refractivity contribution in [1.82, 2.24) is 4.31 Å². The molecular weight excluding hydrogens is 288 g/mol. The summed E-state index contributed by atoms with van der Waals surface area (Å²) in [5, 5.41) is 0. The Bertz CT molecular complexity index is 669. The topological polar surface area (TPSA) is 80.5 Å². The molecule has 1 aromatic carbocycles. The van der Waals surface area contributed by atoms with Gasteiger partial charge in [-0.1, -0.05) is 12.5 Å². The first-order valence-corrected chi connectivity index (χ1v) is 8.87.